The molecule has 0 fully saturated rings. The van der Waals surface area contributed by atoms with Crippen molar-refractivity contribution < 1.29 is 19.0 Å². The predicted octanol–water partition coefficient (Wildman–Crippen LogP) is 4.04. The second-order valence-electron chi connectivity index (χ2n) is 6.64. The number of carbonyl (C=O) groups excluding carboxylic acids is 1. The molecule has 1 aliphatic heterocycles. The van der Waals surface area contributed by atoms with Crippen molar-refractivity contribution in [2.24, 2.45) is 0 Å². The normalized spacial score (nSPS) is 15.4. The third-order valence-corrected chi connectivity index (χ3v) is 5.29. The molecule has 1 unspecified atom stereocenters. The Hall–Kier alpha value is -2.68. The van der Waals surface area contributed by atoms with E-state index in [1.165, 1.54) is 0 Å². The predicted molar refractivity (Wildman–Crippen MR) is 116 cm³/mol. The van der Waals surface area contributed by atoms with Crippen LogP contribution in [0.15, 0.2) is 34.6 Å². The summed E-state index contributed by atoms with van der Waals surface area (Å²) < 4.78 is 18.4. The SMILES string of the molecule is CCCOC(=O)C1=C(C)Nc2nc(SCC)nn2C1c1ccc(OCC)c(OC)c1. The fourth-order valence-corrected chi connectivity index (χ4v) is 3.85. The van der Waals surface area contributed by atoms with Gasteiger partial charge in [0, 0.05) is 5.70 Å². The minimum Gasteiger partial charge on any atom is -0.493 e. The van der Waals surface area contributed by atoms with Gasteiger partial charge in [0.1, 0.15) is 6.04 Å². The molecule has 2 aromatic rings. The van der Waals surface area contributed by atoms with Gasteiger partial charge in [-0.15, -0.1) is 5.10 Å². The van der Waals surface area contributed by atoms with Crippen molar-refractivity contribution in [1.29, 1.82) is 0 Å². The highest BCUT2D eigenvalue weighted by Crippen LogP contribution is 2.39. The van der Waals surface area contributed by atoms with Gasteiger partial charge in [-0.3, -0.25) is 0 Å². The average molecular weight is 433 g/mol. The molecule has 8 nitrogen and oxygen atoms in total. The zero-order chi connectivity index (χ0) is 21.7. The molecule has 0 aliphatic carbocycles. The number of esters is 1. The Morgan fingerprint density at radius 2 is 2.07 bits per heavy atom. The lowest BCUT2D eigenvalue weighted by molar-refractivity contribution is -0.139. The summed E-state index contributed by atoms with van der Waals surface area (Å²) in [6.45, 7) is 8.67. The molecule has 0 saturated heterocycles. The molecule has 1 N–H and O–H groups in total. The Labute approximate surface area is 181 Å². The average Bonchev–Trinajstić information content (AvgIpc) is 3.13. The largest absolute Gasteiger partial charge is 0.493 e. The summed E-state index contributed by atoms with van der Waals surface area (Å²) in [5.74, 6) is 2.31. The number of allylic oxidation sites excluding steroid dienone is 1. The van der Waals surface area contributed by atoms with Crippen LogP contribution in [-0.2, 0) is 9.53 Å². The zero-order valence-electron chi connectivity index (χ0n) is 18.0. The van der Waals surface area contributed by atoms with Crippen LogP contribution in [0.1, 0.15) is 45.7 Å². The highest BCUT2D eigenvalue weighted by Gasteiger charge is 2.35. The van der Waals surface area contributed by atoms with Gasteiger partial charge < -0.3 is 19.5 Å². The maximum atomic E-state index is 13.0. The van der Waals surface area contributed by atoms with Crippen LogP contribution in [0.25, 0.3) is 0 Å². The molecule has 1 aromatic heterocycles. The summed E-state index contributed by atoms with van der Waals surface area (Å²) in [5.41, 5.74) is 2.03. The van der Waals surface area contributed by atoms with Gasteiger partial charge in [-0.2, -0.15) is 4.98 Å². The maximum Gasteiger partial charge on any atom is 0.338 e. The van der Waals surface area contributed by atoms with Crippen LogP contribution < -0.4 is 14.8 Å². The van der Waals surface area contributed by atoms with Gasteiger partial charge in [-0.25, -0.2) is 9.48 Å². The summed E-state index contributed by atoms with van der Waals surface area (Å²) in [4.78, 5) is 17.5. The van der Waals surface area contributed by atoms with Gasteiger partial charge >= 0.3 is 5.97 Å². The lowest BCUT2D eigenvalue weighted by Crippen LogP contribution is -2.29. The standard InChI is InChI=1S/C21H28N4O4S/c1-6-11-29-19(26)17-13(4)22-20-23-21(30-8-3)24-25(20)18(17)14-9-10-15(28-7-2)16(12-14)27-5/h9-10,12,18H,6-8,11H2,1-5H3,(H,22,23,24). The minimum absolute atomic E-state index is 0.357. The fourth-order valence-electron chi connectivity index (χ4n) is 3.30. The summed E-state index contributed by atoms with van der Waals surface area (Å²) in [5, 5.41) is 8.51. The first kappa shape index (κ1) is 22.0. The molecule has 0 bridgehead atoms. The van der Waals surface area contributed by atoms with E-state index in [1.54, 1.807) is 23.6 Å². The van der Waals surface area contributed by atoms with E-state index in [0.717, 1.165) is 17.7 Å². The molecule has 1 aromatic carbocycles. The van der Waals surface area contributed by atoms with E-state index in [-0.39, 0.29) is 5.97 Å². The number of hydrogen-bond acceptors (Lipinski definition) is 8. The molecule has 0 amide bonds. The van der Waals surface area contributed by atoms with Crippen LogP contribution in [-0.4, -0.2) is 46.8 Å². The van der Waals surface area contributed by atoms with Crippen LogP contribution in [0.5, 0.6) is 11.5 Å². The summed E-state index contributed by atoms with van der Waals surface area (Å²) >= 11 is 1.55. The molecule has 30 heavy (non-hydrogen) atoms. The van der Waals surface area contributed by atoms with Gasteiger partial charge in [-0.1, -0.05) is 31.7 Å². The molecule has 3 rings (SSSR count). The molecule has 162 valence electrons. The van der Waals surface area contributed by atoms with Crippen LogP contribution in [0, 0.1) is 0 Å². The number of methoxy groups -OCH3 is 1. The van der Waals surface area contributed by atoms with E-state index in [9.17, 15) is 4.79 Å². The van der Waals surface area contributed by atoms with Crippen molar-refractivity contribution in [3.63, 3.8) is 0 Å². The first-order valence-corrected chi connectivity index (χ1v) is 11.1. The van der Waals surface area contributed by atoms with E-state index in [2.05, 4.69) is 15.4 Å². The van der Waals surface area contributed by atoms with Gasteiger partial charge in [-0.05, 0) is 43.7 Å². The van der Waals surface area contributed by atoms with Crippen molar-refractivity contribution >= 4 is 23.7 Å². The molecule has 0 saturated carbocycles. The monoisotopic (exact) mass is 432 g/mol. The summed E-state index contributed by atoms with van der Waals surface area (Å²) in [6.07, 6.45) is 0.749. The Morgan fingerprint density at radius 1 is 1.27 bits per heavy atom. The van der Waals surface area contributed by atoms with Gasteiger partial charge in [0.2, 0.25) is 11.1 Å². The first-order chi connectivity index (χ1) is 14.5. The van der Waals surface area contributed by atoms with E-state index in [4.69, 9.17) is 14.2 Å². The third kappa shape index (κ3) is 4.40. The van der Waals surface area contributed by atoms with Crippen LogP contribution >= 0.6 is 11.8 Å². The highest BCUT2D eigenvalue weighted by atomic mass is 32.2. The number of hydrogen-bond donors (Lipinski definition) is 1. The number of nitrogens with one attached hydrogen (secondary N) is 1. The van der Waals surface area contributed by atoms with E-state index < -0.39 is 6.04 Å². The maximum absolute atomic E-state index is 13.0. The third-order valence-electron chi connectivity index (χ3n) is 4.57. The lowest BCUT2D eigenvalue weighted by atomic mass is 9.95. The van der Waals surface area contributed by atoms with Crippen molar-refractivity contribution in [1.82, 2.24) is 14.8 Å². The lowest BCUT2D eigenvalue weighted by Gasteiger charge is -2.28. The number of rotatable bonds is 9. The second kappa shape index (κ2) is 9.88. The van der Waals surface area contributed by atoms with Gasteiger partial charge in [0.05, 0.1) is 25.9 Å². The number of thioether (sulfide) groups is 1. The molecule has 0 spiro atoms. The fraction of sp³-hybridized carbons (Fsp3) is 0.476. The van der Waals surface area contributed by atoms with Crippen molar-refractivity contribution in [2.45, 2.75) is 45.3 Å². The number of anilines is 1. The van der Waals surface area contributed by atoms with Crippen LogP contribution in [0.2, 0.25) is 0 Å². The van der Waals surface area contributed by atoms with Crippen molar-refractivity contribution in [3.8, 4) is 11.5 Å². The first-order valence-electron chi connectivity index (χ1n) is 10.1. The van der Waals surface area contributed by atoms with E-state index in [0.29, 0.717) is 47.1 Å². The van der Waals surface area contributed by atoms with Gasteiger partial charge in [0.25, 0.3) is 0 Å². The smallest absolute Gasteiger partial charge is 0.338 e. The second-order valence-corrected chi connectivity index (χ2v) is 7.87. The van der Waals surface area contributed by atoms with Crippen LogP contribution in [0.3, 0.4) is 0 Å². The number of fused-ring (bicyclic) bond motifs is 1. The summed E-state index contributed by atoms with van der Waals surface area (Å²) in [7, 11) is 1.60. The van der Waals surface area contributed by atoms with Gasteiger partial charge in [0.15, 0.2) is 11.5 Å². The molecule has 9 heteroatoms. The Morgan fingerprint density at radius 3 is 2.73 bits per heavy atom. The number of benzene rings is 1. The molecular formula is C21H28N4O4S. The number of nitrogens with zero attached hydrogens (tertiary/aromatic N) is 3. The Balaban J connectivity index is 2.12. The number of carbonyl (C=O) groups is 1. The van der Waals surface area contributed by atoms with E-state index in [1.807, 2.05) is 45.9 Å². The topological polar surface area (TPSA) is 87.5 Å². The minimum atomic E-state index is -0.492. The Bertz CT molecular complexity index is 941. The molecule has 1 aliphatic rings. The quantitative estimate of drug-likeness (QED) is 0.469. The molecule has 0 radical (unpaired) electrons. The number of ether oxygens (including phenoxy) is 3. The molecule has 1 atom stereocenters. The van der Waals surface area contributed by atoms with Crippen LogP contribution in [0.4, 0.5) is 5.95 Å². The number of aromatic nitrogens is 3. The summed E-state index contributed by atoms with van der Waals surface area (Å²) in [6, 6.07) is 5.15. The highest BCUT2D eigenvalue weighted by molar-refractivity contribution is 7.99. The zero-order valence-corrected chi connectivity index (χ0v) is 18.8. The van der Waals surface area contributed by atoms with E-state index >= 15 is 0 Å². The van der Waals surface area contributed by atoms with Crippen molar-refractivity contribution in [3.05, 3.63) is 35.0 Å². The Kier molecular flexibility index (Phi) is 7.25. The van der Waals surface area contributed by atoms with Crippen molar-refractivity contribution in [2.75, 3.05) is 31.4 Å². The molecular weight excluding hydrogens is 404 g/mol. The molecule has 2 heterocycles.